The Kier molecular flexibility index (Phi) is 5.71. The number of aliphatic hydroxyl groups excluding tert-OH is 1. The summed E-state index contributed by atoms with van der Waals surface area (Å²) in [5.41, 5.74) is 4.81. The lowest BCUT2D eigenvalue weighted by molar-refractivity contribution is 0.131. The number of benzene rings is 2. The Hall–Kier alpha value is -2.33. The molecule has 2 aromatic carbocycles. The topological polar surface area (TPSA) is 58.6 Å². The van der Waals surface area contributed by atoms with Crippen molar-refractivity contribution in [1.82, 2.24) is 5.32 Å². The van der Waals surface area contributed by atoms with Crippen LogP contribution in [0.2, 0.25) is 0 Å². The summed E-state index contributed by atoms with van der Waals surface area (Å²) >= 11 is 0. The maximum absolute atomic E-state index is 12.1. The molecule has 0 radical (unpaired) electrons. The van der Waals surface area contributed by atoms with Gasteiger partial charge in [-0.2, -0.15) is 0 Å². The maximum Gasteiger partial charge on any atom is 0.407 e. The van der Waals surface area contributed by atoms with Gasteiger partial charge in [0.1, 0.15) is 6.61 Å². The van der Waals surface area contributed by atoms with Gasteiger partial charge in [-0.25, -0.2) is 4.79 Å². The second-order valence-electron chi connectivity index (χ2n) is 6.49. The second kappa shape index (κ2) is 8.17. The SMILES string of the molecule is CCCC[C@@H](CO)NC(=O)OCC1c2ccccc2-c2ccccc21. The molecule has 2 N–H and O–H groups in total. The van der Waals surface area contributed by atoms with Crippen LogP contribution in [0.4, 0.5) is 4.79 Å². The van der Waals surface area contributed by atoms with Gasteiger partial charge in [0.2, 0.25) is 0 Å². The number of unbranched alkanes of at least 4 members (excludes halogenated alkanes) is 1. The standard InChI is InChI=1S/C21H25NO3/c1-2-3-8-15(13-23)22-21(24)25-14-20-18-11-6-4-9-16(18)17-10-5-7-12-19(17)20/h4-7,9-12,15,20,23H,2-3,8,13-14H2,1H3,(H,22,24)/t15-/m0/s1. The molecule has 0 fully saturated rings. The van der Waals surface area contributed by atoms with Crippen LogP contribution in [0.15, 0.2) is 48.5 Å². The number of carbonyl (C=O) groups excluding carboxylic acids is 1. The molecule has 0 heterocycles. The van der Waals surface area contributed by atoms with Crippen LogP contribution in [-0.4, -0.2) is 30.5 Å². The maximum atomic E-state index is 12.1. The summed E-state index contributed by atoms with van der Waals surface area (Å²) in [5.74, 6) is 0.0568. The molecule has 0 aromatic heterocycles. The number of hydrogen-bond donors (Lipinski definition) is 2. The molecule has 132 valence electrons. The molecule has 1 aliphatic carbocycles. The number of nitrogens with one attached hydrogen (secondary N) is 1. The van der Waals surface area contributed by atoms with Gasteiger partial charge in [0, 0.05) is 5.92 Å². The van der Waals surface area contributed by atoms with Gasteiger partial charge in [-0.05, 0) is 28.7 Å². The van der Waals surface area contributed by atoms with Gasteiger partial charge in [-0.15, -0.1) is 0 Å². The van der Waals surface area contributed by atoms with Crippen molar-refractivity contribution in [2.75, 3.05) is 13.2 Å². The number of fused-ring (bicyclic) bond motifs is 3. The number of hydrogen-bond acceptors (Lipinski definition) is 3. The molecule has 0 bridgehead atoms. The molecular weight excluding hydrogens is 314 g/mol. The number of amides is 1. The molecule has 4 heteroatoms. The fraction of sp³-hybridized carbons (Fsp3) is 0.381. The number of ether oxygens (including phenoxy) is 1. The highest BCUT2D eigenvalue weighted by Gasteiger charge is 2.29. The highest BCUT2D eigenvalue weighted by atomic mass is 16.5. The Balaban J connectivity index is 1.66. The van der Waals surface area contributed by atoms with Crippen LogP contribution >= 0.6 is 0 Å². The Morgan fingerprint density at radius 2 is 1.72 bits per heavy atom. The van der Waals surface area contributed by atoms with E-state index in [0.29, 0.717) is 6.61 Å². The van der Waals surface area contributed by atoms with Crippen LogP contribution in [0.25, 0.3) is 11.1 Å². The molecule has 1 amide bonds. The summed E-state index contributed by atoms with van der Waals surface area (Å²) in [5, 5.41) is 12.1. The summed E-state index contributed by atoms with van der Waals surface area (Å²) in [6.07, 6.45) is 2.30. The molecule has 0 saturated carbocycles. The summed E-state index contributed by atoms with van der Waals surface area (Å²) in [4.78, 5) is 12.1. The molecule has 0 unspecified atom stereocenters. The zero-order valence-electron chi connectivity index (χ0n) is 14.6. The van der Waals surface area contributed by atoms with Crippen molar-refractivity contribution in [3.8, 4) is 11.1 Å². The van der Waals surface area contributed by atoms with E-state index in [1.165, 1.54) is 22.3 Å². The fourth-order valence-electron chi connectivity index (χ4n) is 3.47. The highest BCUT2D eigenvalue weighted by molar-refractivity contribution is 5.79. The molecular formula is C21H25NO3. The van der Waals surface area contributed by atoms with E-state index in [1.54, 1.807) is 0 Å². The van der Waals surface area contributed by atoms with Crippen molar-refractivity contribution in [1.29, 1.82) is 0 Å². The summed E-state index contributed by atoms with van der Waals surface area (Å²) in [6.45, 7) is 2.32. The molecule has 0 saturated heterocycles. The quantitative estimate of drug-likeness (QED) is 0.799. The number of aliphatic hydroxyl groups is 1. The highest BCUT2D eigenvalue weighted by Crippen LogP contribution is 2.44. The third-order valence-corrected chi connectivity index (χ3v) is 4.79. The van der Waals surface area contributed by atoms with E-state index in [-0.39, 0.29) is 18.6 Å². The average molecular weight is 339 g/mol. The summed E-state index contributed by atoms with van der Waals surface area (Å²) in [7, 11) is 0. The number of carbonyl (C=O) groups is 1. The lowest BCUT2D eigenvalue weighted by atomic mass is 9.98. The summed E-state index contributed by atoms with van der Waals surface area (Å²) < 4.78 is 5.49. The number of alkyl carbamates (subject to hydrolysis) is 1. The predicted octanol–water partition coefficient (Wildman–Crippen LogP) is 4.08. The van der Waals surface area contributed by atoms with E-state index in [4.69, 9.17) is 4.74 Å². The molecule has 4 nitrogen and oxygen atoms in total. The van der Waals surface area contributed by atoms with Crippen LogP contribution in [0.3, 0.4) is 0 Å². The van der Waals surface area contributed by atoms with Crippen molar-refractivity contribution >= 4 is 6.09 Å². The van der Waals surface area contributed by atoms with Gasteiger partial charge in [0.15, 0.2) is 0 Å². The van der Waals surface area contributed by atoms with Gasteiger partial charge in [0.05, 0.1) is 12.6 Å². The normalized spacial score (nSPS) is 13.8. The smallest absolute Gasteiger partial charge is 0.407 e. The second-order valence-corrected chi connectivity index (χ2v) is 6.49. The lowest BCUT2D eigenvalue weighted by Gasteiger charge is -2.18. The zero-order valence-corrected chi connectivity index (χ0v) is 14.6. The van der Waals surface area contributed by atoms with Crippen molar-refractivity contribution in [2.24, 2.45) is 0 Å². The number of rotatable bonds is 7. The first-order chi connectivity index (χ1) is 12.2. The third-order valence-electron chi connectivity index (χ3n) is 4.79. The van der Waals surface area contributed by atoms with E-state index < -0.39 is 6.09 Å². The van der Waals surface area contributed by atoms with Gasteiger partial charge in [0.25, 0.3) is 0 Å². The van der Waals surface area contributed by atoms with Gasteiger partial charge in [-0.1, -0.05) is 68.3 Å². The summed E-state index contributed by atoms with van der Waals surface area (Å²) in [6, 6.07) is 16.3. The molecule has 1 atom stereocenters. The van der Waals surface area contributed by atoms with Crippen LogP contribution in [-0.2, 0) is 4.74 Å². The van der Waals surface area contributed by atoms with Crippen molar-refractivity contribution in [3.05, 3.63) is 59.7 Å². The Morgan fingerprint density at radius 1 is 1.12 bits per heavy atom. The lowest BCUT2D eigenvalue weighted by Crippen LogP contribution is -2.38. The van der Waals surface area contributed by atoms with Gasteiger partial charge >= 0.3 is 6.09 Å². The van der Waals surface area contributed by atoms with Crippen molar-refractivity contribution in [2.45, 2.75) is 38.1 Å². The van der Waals surface area contributed by atoms with Crippen molar-refractivity contribution < 1.29 is 14.6 Å². The van der Waals surface area contributed by atoms with Crippen LogP contribution in [0.5, 0.6) is 0 Å². The van der Waals surface area contributed by atoms with E-state index in [2.05, 4.69) is 36.5 Å². The first-order valence-corrected chi connectivity index (χ1v) is 8.97. The molecule has 1 aliphatic rings. The van der Waals surface area contributed by atoms with E-state index in [9.17, 15) is 9.90 Å². The largest absolute Gasteiger partial charge is 0.449 e. The Morgan fingerprint density at radius 3 is 2.28 bits per heavy atom. The minimum Gasteiger partial charge on any atom is -0.449 e. The minimum absolute atomic E-state index is 0.0568. The van der Waals surface area contributed by atoms with Gasteiger partial charge in [-0.3, -0.25) is 0 Å². The average Bonchev–Trinajstić information content (AvgIpc) is 2.97. The molecule has 2 aromatic rings. The molecule has 25 heavy (non-hydrogen) atoms. The Bertz CT molecular complexity index is 683. The van der Waals surface area contributed by atoms with Gasteiger partial charge < -0.3 is 15.2 Å². The monoisotopic (exact) mass is 339 g/mol. The molecule has 3 rings (SSSR count). The zero-order chi connectivity index (χ0) is 17.6. The van der Waals surface area contributed by atoms with E-state index in [1.807, 2.05) is 24.3 Å². The molecule has 0 spiro atoms. The fourth-order valence-corrected chi connectivity index (χ4v) is 3.47. The first kappa shape index (κ1) is 17.5. The van der Waals surface area contributed by atoms with E-state index >= 15 is 0 Å². The Labute approximate surface area is 148 Å². The first-order valence-electron chi connectivity index (χ1n) is 8.97. The van der Waals surface area contributed by atoms with Crippen LogP contribution < -0.4 is 5.32 Å². The minimum atomic E-state index is -0.461. The third kappa shape index (κ3) is 3.85. The predicted molar refractivity (Wildman–Crippen MR) is 98.6 cm³/mol. The van der Waals surface area contributed by atoms with E-state index in [0.717, 1.165) is 19.3 Å². The van der Waals surface area contributed by atoms with Crippen molar-refractivity contribution in [3.63, 3.8) is 0 Å². The van der Waals surface area contributed by atoms with Crippen LogP contribution in [0, 0.1) is 0 Å². The van der Waals surface area contributed by atoms with Crippen LogP contribution in [0.1, 0.15) is 43.2 Å². The molecule has 0 aliphatic heterocycles.